The van der Waals surface area contributed by atoms with Crippen LogP contribution in [0.3, 0.4) is 0 Å². The minimum absolute atomic E-state index is 0.0503. The van der Waals surface area contributed by atoms with Crippen molar-refractivity contribution in [3.8, 4) is 0 Å². The van der Waals surface area contributed by atoms with Gasteiger partial charge in [0.2, 0.25) is 0 Å². The second-order valence-electron chi connectivity index (χ2n) is 4.24. The quantitative estimate of drug-likeness (QED) is 0.727. The van der Waals surface area contributed by atoms with E-state index in [1.54, 1.807) is 12.1 Å². The lowest BCUT2D eigenvalue weighted by molar-refractivity contribution is 0.387. The molecule has 1 aliphatic carbocycles. The number of fused-ring (bicyclic) bond motifs is 1. The molecule has 1 aromatic rings. The van der Waals surface area contributed by atoms with Crippen LogP contribution >= 0.6 is 0 Å². The zero-order valence-electron chi connectivity index (χ0n) is 8.46. The summed E-state index contributed by atoms with van der Waals surface area (Å²) in [5.41, 5.74) is 7.93. The summed E-state index contributed by atoms with van der Waals surface area (Å²) < 4.78 is 13.4. The number of rotatable bonds is 1. The fourth-order valence-electron chi connectivity index (χ4n) is 2.24. The van der Waals surface area contributed by atoms with Crippen molar-refractivity contribution in [3.05, 3.63) is 35.1 Å². The van der Waals surface area contributed by atoms with Gasteiger partial charge in [0.05, 0.1) is 0 Å². The molecule has 1 aromatic carbocycles. The Hall–Kier alpha value is -0.890. The molecule has 2 rings (SSSR count). The zero-order valence-corrected chi connectivity index (χ0v) is 8.46. The van der Waals surface area contributed by atoms with E-state index in [2.05, 4.69) is 0 Å². The Bertz CT molecular complexity index is 333. The average Bonchev–Trinajstić information content (AvgIpc) is 2.17. The molecule has 2 N–H and O–H groups in total. The molecule has 1 aliphatic rings. The lowest BCUT2D eigenvalue weighted by atomic mass is 9.80. The van der Waals surface area contributed by atoms with Gasteiger partial charge in [0.25, 0.3) is 0 Å². The second kappa shape index (κ2) is 3.70. The van der Waals surface area contributed by atoms with Gasteiger partial charge < -0.3 is 5.73 Å². The van der Waals surface area contributed by atoms with E-state index in [0.717, 1.165) is 30.4 Å². The fourth-order valence-corrected chi connectivity index (χ4v) is 2.24. The molecule has 2 unspecified atom stereocenters. The predicted octanol–water partition coefficient (Wildman–Crippen LogP) is 2.28. The lowest BCUT2D eigenvalue weighted by Crippen LogP contribution is -2.31. The number of hydrogen-bond acceptors (Lipinski definition) is 1. The van der Waals surface area contributed by atoms with Crippen molar-refractivity contribution in [2.75, 3.05) is 0 Å². The van der Waals surface area contributed by atoms with Crippen molar-refractivity contribution in [1.29, 1.82) is 0 Å². The highest BCUT2D eigenvalue weighted by Crippen LogP contribution is 2.28. The molecule has 0 fully saturated rings. The molecule has 0 bridgehead atoms. The third-order valence-corrected chi connectivity index (χ3v) is 3.21. The van der Waals surface area contributed by atoms with Gasteiger partial charge in [-0.25, -0.2) is 4.39 Å². The maximum atomic E-state index is 13.4. The van der Waals surface area contributed by atoms with Crippen molar-refractivity contribution in [2.45, 2.75) is 32.2 Å². The summed E-state index contributed by atoms with van der Waals surface area (Å²) in [6, 6.07) is 5.57. The first-order chi connectivity index (χ1) is 6.68. The van der Waals surface area contributed by atoms with Crippen LogP contribution in [-0.4, -0.2) is 6.04 Å². The van der Waals surface area contributed by atoms with Crippen LogP contribution < -0.4 is 5.73 Å². The third kappa shape index (κ3) is 1.67. The maximum absolute atomic E-state index is 13.4. The summed E-state index contributed by atoms with van der Waals surface area (Å²) in [6.45, 7) is 2.04. The Balaban J connectivity index is 2.27. The highest BCUT2D eigenvalue weighted by molar-refractivity contribution is 5.31. The monoisotopic (exact) mass is 193 g/mol. The molecule has 14 heavy (non-hydrogen) atoms. The Labute approximate surface area is 84.1 Å². The topological polar surface area (TPSA) is 26.0 Å². The van der Waals surface area contributed by atoms with Crippen molar-refractivity contribution < 1.29 is 4.39 Å². The van der Waals surface area contributed by atoms with E-state index in [1.807, 2.05) is 13.0 Å². The molecule has 0 heterocycles. The van der Waals surface area contributed by atoms with E-state index >= 15 is 0 Å². The summed E-state index contributed by atoms with van der Waals surface area (Å²) >= 11 is 0. The molecule has 2 heteroatoms. The van der Waals surface area contributed by atoms with Crippen molar-refractivity contribution >= 4 is 0 Å². The molecule has 0 saturated carbocycles. The molecule has 2 atom stereocenters. The predicted molar refractivity (Wildman–Crippen MR) is 55.6 cm³/mol. The van der Waals surface area contributed by atoms with E-state index in [-0.39, 0.29) is 11.9 Å². The van der Waals surface area contributed by atoms with E-state index in [9.17, 15) is 4.39 Å². The zero-order chi connectivity index (χ0) is 10.1. The van der Waals surface area contributed by atoms with E-state index in [1.165, 1.54) is 0 Å². The highest BCUT2D eigenvalue weighted by Gasteiger charge is 2.22. The number of hydrogen-bond donors (Lipinski definition) is 1. The summed E-state index contributed by atoms with van der Waals surface area (Å²) in [4.78, 5) is 0. The third-order valence-electron chi connectivity index (χ3n) is 3.21. The molecule has 0 saturated heterocycles. The first kappa shape index (κ1) is 9.66. The van der Waals surface area contributed by atoms with Crippen LogP contribution in [0.1, 0.15) is 24.5 Å². The lowest BCUT2D eigenvalue weighted by Gasteiger charge is -2.27. The van der Waals surface area contributed by atoms with Crippen LogP contribution in [-0.2, 0) is 12.8 Å². The van der Waals surface area contributed by atoms with Gasteiger partial charge in [-0.15, -0.1) is 0 Å². The molecule has 0 spiro atoms. The summed E-state index contributed by atoms with van der Waals surface area (Å²) in [5, 5.41) is 0. The standard InChI is InChI=1S/C12H16FN/c1-8(14)9-5-6-11-10(7-9)3-2-4-12(11)13/h2-4,8-9H,5-7,14H2,1H3. The van der Waals surface area contributed by atoms with Crippen molar-refractivity contribution in [3.63, 3.8) is 0 Å². The molecular formula is C12H16FN. The Morgan fingerprint density at radius 2 is 2.29 bits per heavy atom. The van der Waals surface area contributed by atoms with Crippen molar-refractivity contribution in [1.82, 2.24) is 0 Å². The van der Waals surface area contributed by atoms with Crippen LogP contribution in [0.25, 0.3) is 0 Å². The first-order valence-corrected chi connectivity index (χ1v) is 5.20. The second-order valence-corrected chi connectivity index (χ2v) is 4.24. The molecule has 0 radical (unpaired) electrons. The minimum Gasteiger partial charge on any atom is -0.328 e. The van der Waals surface area contributed by atoms with Gasteiger partial charge in [0.1, 0.15) is 5.82 Å². The Morgan fingerprint density at radius 1 is 1.50 bits per heavy atom. The van der Waals surface area contributed by atoms with E-state index < -0.39 is 0 Å². The number of benzene rings is 1. The number of halogens is 1. The summed E-state index contributed by atoms with van der Waals surface area (Å²) in [5.74, 6) is 0.468. The number of nitrogens with two attached hydrogens (primary N) is 1. The van der Waals surface area contributed by atoms with Gasteiger partial charge in [-0.3, -0.25) is 0 Å². The maximum Gasteiger partial charge on any atom is 0.126 e. The average molecular weight is 193 g/mol. The smallest absolute Gasteiger partial charge is 0.126 e. The van der Waals surface area contributed by atoms with Crippen LogP contribution in [0, 0.1) is 11.7 Å². The van der Waals surface area contributed by atoms with Gasteiger partial charge in [0, 0.05) is 6.04 Å². The molecular weight excluding hydrogens is 177 g/mol. The summed E-state index contributed by atoms with van der Waals surface area (Å²) in [6.07, 6.45) is 2.80. The SMILES string of the molecule is CC(N)C1CCc2c(F)cccc2C1. The van der Waals surface area contributed by atoms with E-state index in [0.29, 0.717) is 5.92 Å². The van der Waals surface area contributed by atoms with Crippen LogP contribution in [0.15, 0.2) is 18.2 Å². The molecule has 0 amide bonds. The molecule has 0 aliphatic heterocycles. The molecule has 1 nitrogen and oxygen atoms in total. The Kier molecular flexibility index (Phi) is 2.55. The minimum atomic E-state index is -0.0503. The normalized spacial score (nSPS) is 22.9. The van der Waals surface area contributed by atoms with Gasteiger partial charge >= 0.3 is 0 Å². The Morgan fingerprint density at radius 3 is 3.00 bits per heavy atom. The first-order valence-electron chi connectivity index (χ1n) is 5.20. The van der Waals surface area contributed by atoms with Gasteiger partial charge in [0.15, 0.2) is 0 Å². The van der Waals surface area contributed by atoms with Crippen LogP contribution in [0.2, 0.25) is 0 Å². The highest BCUT2D eigenvalue weighted by atomic mass is 19.1. The van der Waals surface area contributed by atoms with E-state index in [4.69, 9.17) is 5.73 Å². The van der Waals surface area contributed by atoms with Crippen molar-refractivity contribution in [2.24, 2.45) is 11.7 Å². The van der Waals surface area contributed by atoms with Crippen LogP contribution in [0.4, 0.5) is 4.39 Å². The fraction of sp³-hybridized carbons (Fsp3) is 0.500. The van der Waals surface area contributed by atoms with Gasteiger partial charge in [-0.2, -0.15) is 0 Å². The van der Waals surface area contributed by atoms with Gasteiger partial charge in [-0.1, -0.05) is 12.1 Å². The largest absolute Gasteiger partial charge is 0.328 e. The van der Waals surface area contributed by atoms with Crippen LogP contribution in [0.5, 0.6) is 0 Å². The summed E-state index contributed by atoms with van der Waals surface area (Å²) in [7, 11) is 0. The molecule has 0 aromatic heterocycles. The van der Waals surface area contributed by atoms with Gasteiger partial charge in [-0.05, 0) is 49.3 Å². The molecule has 76 valence electrons.